The molecule has 2 heterocycles. The number of carbonyl (C=O) groups excluding carboxylic acids is 1. The Bertz CT molecular complexity index is 1490. The minimum atomic E-state index is -0.376. The van der Waals surface area contributed by atoms with E-state index < -0.39 is 0 Å². The van der Waals surface area contributed by atoms with Gasteiger partial charge in [0.2, 0.25) is 11.8 Å². The summed E-state index contributed by atoms with van der Waals surface area (Å²) in [5, 5.41) is 2.86. The van der Waals surface area contributed by atoms with Gasteiger partial charge in [-0.25, -0.2) is 9.36 Å². The molecule has 0 aliphatic carbocycles. The van der Waals surface area contributed by atoms with Crippen LogP contribution in [-0.4, -0.2) is 36.6 Å². The summed E-state index contributed by atoms with van der Waals surface area (Å²) in [6.45, 7) is -0.190. The van der Waals surface area contributed by atoms with Crippen LogP contribution in [-0.2, 0) is 17.8 Å². The zero-order valence-electron chi connectivity index (χ0n) is 20.1. The fraction of sp³-hybridized carbons (Fsp3) is 0.185. The summed E-state index contributed by atoms with van der Waals surface area (Å²) in [5.74, 6) is 2.05. The number of ether oxygens (including phenoxy) is 4. The number of methoxy groups -OCH3 is 3. The van der Waals surface area contributed by atoms with Crippen molar-refractivity contribution in [2.45, 2.75) is 13.0 Å². The van der Waals surface area contributed by atoms with E-state index in [0.29, 0.717) is 52.2 Å². The third-order valence-electron chi connectivity index (χ3n) is 6.01. The van der Waals surface area contributed by atoms with Gasteiger partial charge >= 0.3 is 0 Å². The summed E-state index contributed by atoms with van der Waals surface area (Å²) in [6, 6.07) is 19.8. The van der Waals surface area contributed by atoms with Crippen molar-refractivity contribution >= 4 is 11.6 Å². The quantitative estimate of drug-likeness (QED) is 0.373. The van der Waals surface area contributed by atoms with Crippen LogP contribution < -0.4 is 29.8 Å². The zero-order valence-corrected chi connectivity index (χ0v) is 20.1. The number of benzene rings is 3. The van der Waals surface area contributed by atoms with Gasteiger partial charge in [0, 0.05) is 18.1 Å². The lowest BCUT2D eigenvalue weighted by atomic mass is 10.0. The predicted molar refractivity (Wildman–Crippen MR) is 134 cm³/mol. The molecule has 0 saturated carbocycles. The third kappa shape index (κ3) is 4.04. The Morgan fingerprint density at radius 1 is 0.944 bits per heavy atom. The summed E-state index contributed by atoms with van der Waals surface area (Å²) in [5.41, 5.74) is 2.11. The first-order valence-electron chi connectivity index (χ1n) is 11.3. The Balaban J connectivity index is 1.57. The minimum Gasteiger partial charge on any atom is -0.497 e. The Labute approximate surface area is 207 Å². The molecule has 1 aliphatic rings. The summed E-state index contributed by atoms with van der Waals surface area (Å²) >= 11 is 0. The van der Waals surface area contributed by atoms with E-state index in [-0.39, 0.29) is 18.0 Å². The molecule has 1 aliphatic heterocycles. The molecule has 36 heavy (non-hydrogen) atoms. The minimum absolute atomic E-state index is 0.190. The van der Waals surface area contributed by atoms with Crippen LogP contribution in [0.3, 0.4) is 0 Å². The zero-order chi connectivity index (χ0) is 25.2. The molecule has 0 spiro atoms. The van der Waals surface area contributed by atoms with Gasteiger partial charge in [-0.3, -0.25) is 9.59 Å². The van der Waals surface area contributed by atoms with Crippen molar-refractivity contribution in [3.05, 3.63) is 88.2 Å². The number of rotatable bonds is 7. The van der Waals surface area contributed by atoms with Crippen LogP contribution in [0, 0.1) is 0 Å². The van der Waals surface area contributed by atoms with Crippen LogP contribution in [0.15, 0.2) is 71.5 Å². The van der Waals surface area contributed by atoms with Crippen LogP contribution in [0.4, 0.5) is 5.69 Å². The number of nitrogens with zero attached hydrogens (tertiary/aromatic N) is 2. The molecule has 9 heteroatoms. The molecular weight excluding hydrogens is 462 g/mol. The van der Waals surface area contributed by atoms with Gasteiger partial charge in [0.15, 0.2) is 11.5 Å². The van der Waals surface area contributed by atoms with Crippen molar-refractivity contribution in [3.63, 3.8) is 0 Å². The number of fused-ring (bicyclic) bond motifs is 2. The fourth-order valence-corrected chi connectivity index (χ4v) is 4.31. The van der Waals surface area contributed by atoms with Gasteiger partial charge in [-0.05, 0) is 30.3 Å². The van der Waals surface area contributed by atoms with Gasteiger partial charge < -0.3 is 24.3 Å². The van der Waals surface area contributed by atoms with E-state index in [2.05, 4.69) is 5.32 Å². The smallest absolute Gasteiger partial charge is 0.278 e. The van der Waals surface area contributed by atoms with E-state index in [0.717, 1.165) is 5.56 Å². The lowest BCUT2D eigenvalue weighted by molar-refractivity contribution is -0.117. The fourth-order valence-electron chi connectivity index (χ4n) is 4.31. The lowest BCUT2D eigenvalue weighted by Gasteiger charge is -2.21. The standard InChI is InChI=1S/C27H25N3O6/c1-33-19-12-13-22(34-2)21(15-19)28-24(31)16-29-27-20(26(32)30(29)18-9-5-4-6-10-18)14-17-8-7-11-23(35-3)25(17)36-27/h4-13,15H,14,16H2,1-3H3,(H,28,31). The number of carbonyl (C=O) groups is 1. The number of hydrogen-bond acceptors (Lipinski definition) is 6. The van der Waals surface area contributed by atoms with E-state index in [1.807, 2.05) is 30.3 Å². The van der Waals surface area contributed by atoms with E-state index in [1.165, 1.54) is 11.8 Å². The Morgan fingerprint density at radius 3 is 2.44 bits per heavy atom. The second-order valence-electron chi connectivity index (χ2n) is 8.14. The first-order chi connectivity index (χ1) is 17.5. The van der Waals surface area contributed by atoms with E-state index in [1.54, 1.807) is 55.3 Å². The molecule has 0 unspecified atom stereocenters. The van der Waals surface area contributed by atoms with Crippen LogP contribution in [0.5, 0.6) is 28.9 Å². The Kier molecular flexibility index (Phi) is 6.12. The first-order valence-corrected chi connectivity index (χ1v) is 11.3. The Hall–Kier alpha value is -4.66. The molecule has 0 saturated heterocycles. The predicted octanol–water partition coefficient (Wildman–Crippen LogP) is 4.00. The number of para-hydroxylation sites is 2. The summed E-state index contributed by atoms with van der Waals surface area (Å²) in [4.78, 5) is 26.9. The van der Waals surface area contributed by atoms with Crippen LogP contribution in [0.2, 0.25) is 0 Å². The van der Waals surface area contributed by atoms with Crippen LogP contribution >= 0.6 is 0 Å². The molecule has 0 radical (unpaired) electrons. The normalized spacial score (nSPS) is 11.6. The summed E-state index contributed by atoms with van der Waals surface area (Å²) < 4.78 is 25.4. The molecule has 5 rings (SSSR count). The molecule has 9 nitrogen and oxygen atoms in total. The molecular formula is C27H25N3O6. The Morgan fingerprint density at radius 2 is 1.72 bits per heavy atom. The molecule has 3 aromatic carbocycles. The first kappa shape index (κ1) is 23.1. The molecule has 184 valence electrons. The van der Waals surface area contributed by atoms with Crippen molar-refractivity contribution in [1.29, 1.82) is 0 Å². The molecule has 0 bridgehead atoms. The van der Waals surface area contributed by atoms with Gasteiger partial charge in [-0.1, -0.05) is 30.3 Å². The highest BCUT2D eigenvalue weighted by molar-refractivity contribution is 5.92. The molecule has 1 amide bonds. The summed E-state index contributed by atoms with van der Waals surface area (Å²) in [7, 11) is 4.62. The molecule has 4 aromatic rings. The van der Waals surface area contributed by atoms with Gasteiger partial charge in [0.05, 0.1) is 38.3 Å². The van der Waals surface area contributed by atoms with Crippen LogP contribution in [0.1, 0.15) is 11.1 Å². The van der Waals surface area contributed by atoms with Crippen LogP contribution in [0.25, 0.3) is 5.69 Å². The number of nitrogens with one attached hydrogen (secondary N) is 1. The van der Waals surface area contributed by atoms with E-state index in [4.69, 9.17) is 18.9 Å². The maximum atomic E-state index is 13.6. The number of aromatic nitrogens is 2. The van der Waals surface area contributed by atoms with Crippen molar-refractivity contribution in [2.24, 2.45) is 0 Å². The topological polar surface area (TPSA) is 93.0 Å². The highest BCUT2D eigenvalue weighted by atomic mass is 16.5. The van der Waals surface area contributed by atoms with Crippen molar-refractivity contribution in [3.8, 4) is 34.6 Å². The second-order valence-corrected chi connectivity index (χ2v) is 8.14. The van der Waals surface area contributed by atoms with E-state index >= 15 is 0 Å². The van der Waals surface area contributed by atoms with E-state index in [9.17, 15) is 9.59 Å². The highest BCUT2D eigenvalue weighted by Gasteiger charge is 2.30. The lowest BCUT2D eigenvalue weighted by Crippen LogP contribution is -2.27. The van der Waals surface area contributed by atoms with Gasteiger partial charge in [-0.2, -0.15) is 0 Å². The molecule has 0 fully saturated rings. The largest absolute Gasteiger partial charge is 0.497 e. The second kappa shape index (κ2) is 9.53. The third-order valence-corrected chi connectivity index (χ3v) is 6.01. The highest BCUT2D eigenvalue weighted by Crippen LogP contribution is 2.42. The molecule has 0 atom stereocenters. The monoisotopic (exact) mass is 487 g/mol. The molecule has 1 aromatic heterocycles. The average molecular weight is 488 g/mol. The number of anilines is 1. The SMILES string of the molecule is COc1ccc(OC)c(NC(=O)Cn2c3c(c(=O)n2-c2ccccc2)Cc2cccc(OC)c2O3)c1. The van der Waals surface area contributed by atoms with Crippen molar-refractivity contribution in [1.82, 2.24) is 9.36 Å². The average Bonchev–Trinajstić information content (AvgIpc) is 3.17. The van der Waals surface area contributed by atoms with Gasteiger partial charge in [0.1, 0.15) is 18.0 Å². The van der Waals surface area contributed by atoms with Crippen molar-refractivity contribution < 1.29 is 23.7 Å². The maximum Gasteiger partial charge on any atom is 0.278 e. The van der Waals surface area contributed by atoms with Gasteiger partial charge in [-0.15, -0.1) is 0 Å². The summed E-state index contributed by atoms with van der Waals surface area (Å²) in [6.07, 6.45) is 0.353. The maximum absolute atomic E-state index is 13.6. The number of amides is 1. The number of hydrogen-bond donors (Lipinski definition) is 1. The van der Waals surface area contributed by atoms with Crippen molar-refractivity contribution in [2.75, 3.05) is 26.6 Å². The molecule has 1 N–H and O–H groups in total. The van der Waals surface area contributed by atoms with Gasteiger partial charge in [0.25, 0.3) is 5.56 Å².